The van der Waals surface area contributed by atoms with Crippen LogP contribution in [0.25, 0.3) is 0 Å². The number of nitrogens with zero attached hydrogens (tertiary/aromatic N) is 2. The van der Waals surface area contributed by atoms with Gasteiger partial charge in [0.1, 0.15) is 11.3 Å². The number of ether oxygens (including phenoxy) is 1. The van der Waals surface area contributed by atoms with E-state index in [1.54, 1.807) is 25.4 Å². The van der Waals surface area contributed by atoms with Crippen molar-refractivity contribution in [1.29, 1.82) is 0 Å². The maximum atomic E-state index is 11.6. The van der Waals surface area contributed by atoms with E-state index in [2.05, 4.69) is 14.9 Å². The van der Waals surface area contributed by atoms with Crippen molar-refractivity contribution in [2.24, 2.45) is 17.6 Å². The number of primary amides is 1. The van der Waals surface area contributed by atoms with E-state index in [0.29, 0.717) is 18.4 Å². The Labute approximate surface area is 163 Å². The predicted octanol–water partition coefficient (Wildman–Crippen LogP) is 1.64. The molecule has 7 nitrogen and oxygen atoms in total. The van der Waals surface area contributed by atoms with Gasteiger partial charge in [0.2, 0.25) is 5.56 Å². The standard InChI is InChI=1S/C21H26N4O3/c1-28-21(14-8-9-23-18(10-14)20(22)27)15-4-2-5-16(21)12-25(11-15)13-17-6-3-7-19(26)24-17/h3,6-10,15-16H,2,4-5,11-13H2,1H3,(H2,22,27)(H,24,26)/t15-,16+,21?. The summed E-state index contributed by atoms with van der Waals surface area (Å²) in [5.74, 6) is 0.0656. The summed E-state index contributed by atoms with van der Waals surface area (Å²) in [5, 5.41) is 0. The Hall–Kier alpha value is -2.51. The predicted molar refractivity (Wildman–Crippen MR) is 105 cm³/mol. The fourth-order valence-electron chi connectivity index (χ4n) is 5.21. The molecule has 1 aliphatic heterocycles. The number of amides is 1. The summed E-state index contributed by atoms with van der Waals surface area (Å²) in [5.41, 5.74) is 7.13. The van der Waals surface area contributed by atoms with E-state index in [9.17, 15) is 9.59 Å². The number of hydrogen-bond donors (Lipinski definition) is 2. The van der Waals surface area contributed by atoms with Crippen LogP contribution in [-0.4, -0.2) is 41.0 Å². The Kier molecular flexibility index (Phi) is 5.03. The average molecular weight is 382 g/mol. The number of aromatic amines is 1. The fraction of sp³-hybridized carbons (Fsp3) is 0.476. The largest absolute Gasteiger partial charge is 0.373 e. The van der Waals surface area contributed by atoms with Gasteiger partial charge < -0.3 is 15.5 Å². The van der Waals surface area contributed by atoms with Crippen molar-refractivity contribution in [3.8, 4) is 0 Å². The molecule has 3 heterocycles. The second-order valence-corrected chi connectivity index (χ2v) is 7.85. The van der Waals surface area contributed by atoms with Crippen LogP contribution in [0.1, 0.15) is 41.0 Å². The van der Waals surface area contributed by atoms with Crippen molar-refractivity contribution >= 4 is 5.91 Å². The molecule has 2 bridgehead atoms. The van der Waals surface area contributed by atoms with Gasteiger partial charge in [-0.3, -0.25) is 19.5 Å². The minimum Gasteiger partial charge on any atom is -0.373 e. The van der Waals surface area contributed by atoms with Gasteiger partial charge >= 0.3 is 0 Å². The zero-order valence-corrected chi connectivity index (χ0v) is 16.1. The SMILES string of the molecule is COC1(c2ccnc(C(N)=O)c2)[C@@H]2CCC[C@H]1CN(Cc1cccc(=O)[nH]1)C2. The lowest BCUT2D eigenvalue weighted by Gasteiger charge is -2.55. The van der Waals surface area contributed by atoms with Gasteiger partial charge in [0.05, 0.1) is 0 Å². The van der Waals surface area contributed by atoms with Crippen LogP contribution in [0.15, 0.2) is 41.3 Å². The van der Waals surface area contributed by atoms with E-state index in [1.807, 2.05) is 12.1 Å². The van der Waals surface area contributed by atoms with Gasteiger partial charge in [-0.15, -0.1) is 0 Å². The van der Waals surface area contributed by atoms with Crippen LogP contribution in [0.3, 0.4) is 0 Å². The number of aromatic nitrogens is 2. The highest BCUT2D eigenvalue weighted by atomic mass is 16.5. The van der Waals surface area contributed by atoms with Crippen LogP contribution in [-0.2, 0) is 16.9 Å². The zero-order valence-electron chi connectivity index (χ0n) is 16.1. The third-order valence-electron chi connectivity index (χ3n) is 6.30. The van der Waals surface area contributed by atoms with Crippen LogP contribution in [0.2, 0.25) is 0 Å². The molecule has 2 aromatic rings. The Morgan fingerprint density at radius 2 is 2.07 bits per heavy atom. The van der Waals surface area contributed by atoms with Gasteiger partial charge in [-0.1, -0.05) is 12.5 Å². The molecule has 28 heavy (non-hydrogen) atoms. The number of methoxy groups -OCH3 is 1. The van der Waals surface area contributed by atoms with Crippen molar-refractivity contribution in [2.75, 3.05) is 20.2 Å². The molecule has 2 fully saturated rings. The molecular formula is C21H26N4O3. The minimum absolute atomic E-state index is 0.0725. The number of carbonyl (C=O) groups is 1. The first-order valence-corrected chi connectivity index (χ1v) is 9.75. The Balaban J connectivity index is 1.64. The molecule has 0 aromatic carbocycles. The van der Waals surface area contributed by atoms with Crippen molar-refractivity contribution in [3.63, 3.8) is 0 Å². The molecular weight excluding hydrogens is 356 g/mol. The van der Waals surface area contributed by atoms with Gasteiger partial charge in [-0.2, -0.15) is 0 Å². The van der Waals surface area contributed by atoms with Gasteiger partial charge in [0.25, 0.3) is 5.91 Å². The monoisotopic (exact) mass is 382 g/mol. The molecule has 1 aliphatic carbocycles. The normalized spacial score (nSPS) is 27.5. The third kappa shape index (κ3) is 3.25. The minimum atomic E-state index is -0.524. The highest BCUT2D eigenvalue weighted by Crippen LogP contribution is 2.51. The summed E-state index contributed by atoms with van der Waals surface area (Å²) in [6.07, 6.45) is 4.93. The van der Waals surface area contributed by atoms with Crippen molar-refractivity contribution in [3.05, 3.63) is 63.8 Å². The highest BCUT2D eigenvalue weighted by molar-refractivity contribution is 5.90. The van der Waals surface area contributed by atoms with E-state index in [4.69, 9.17) is 10.5 Å². The van der Waals surface area contributed by atoms with Crippen LogP contribution < -0.4 is 11.3 Å². The van der Waals surface area contributed by atoms with Crippen molar-refractivity contribution < 1.29 is 9.53 Å². The fourth-order valence-corrected chi connectivity index (χ4v) is 5.21. The lowest BCUT2D eigenvalue weighted by Crippen LogP contribution is -2.58. The number of carbonyl (C=O) groups excluding carboxylic acids is 1. The summed E-state index contributed by atoms with van der Waals surface area (Å²) in [6.45, 7) is 2.46. The molecule has 1 saturated heterocycles. The topological polar surface area (TPSA) is 101 Å². The van der Waals surface area contributed by atoms with E-state index in [1.165, 1.54) is 12.5 Å². The maximum absolute atomic E-state index is 11.6. The number of piperidine rings is 1. The molecule has 0 spiro atoms. The van der Waals surface area contributed by atoms with Crippen molar-refractivity contribution in [2.45, 2.75) is 31.4 Å². The molecule has 4 rings (SSSR count). The Morgan fingerprint density at radius 3 is 2.71 bits per heavy atom. The number of nitrogens with two attached hydrogens (primary N) is 1. The van der Waals surface area contributed by atoms with Crippen molar-refractivity contribution in [1.82, 2.24) is 14.9 Å². The third-order valence-corrected chi connectivity index (χ3v) is 6.30. The first-order chi connectivity index (χ1) is 13.5. The number of rotatable bonds is 5. The molecule has 148 valence electrons. The molecule has 1 amide bonds. The summed E-state index contributed by atoms with van der Waals surface area (Å²) in [6, 6.07) is 9.02. The van der Waals surface area contributed by atoms with Gasteiger partial charge in [0, 0.05) is 56.5 Å². The van der Waals surface area contributed by atoms with E-state index in [0.717, 1.165) is 37.2 Å². The smallest absolute Gasteiger partial charge is 0.267 e. The second-order valence-electron chi connectivity index (χ2n) is 7.85. The van der Waals surface area contributed by atoms with E-state index >= 15 is 0 Å². The molecule has 0 radical (unpaired) electrons. The van der Waals surface area contributed by atoms with E-state index < -0.39 is 11.5 Å². The Bertz CT molecular complexity index is 912. The Morgan fingerprint density at radius 1 is 1.32 bits per heavy atom. The summed E-state index contributed by atoms with van der Waals surface area (Å²) >= 11 is 0. The molecule has 1 saturated carbocycles. The van der Waals surface area contributed by atoms with Crippen LogP contribution in [0.5, 0.6) is 0 Å². The maximum Gasteiger partial charge on any atom is 0.267 e. The van der Waals surface area contributed by atoms with E-state index in [-0.39, 0.29) is 11.3 Å². The number of hydrogen-bond acceptors (Lipinski definition) is 5. The van der Waals surface area contributed by atoms with Gasteiger partial charge in [-0.25, -0.2) is 0 Å². The summed E-state index contributed by atoms with van der Waals surface area (Å²) < 4.78 is 6.22. The number of nitrogens with one attached hydrogen (secondary N) is 1. The molecule has 2 aliphatic rings. The molecule has 1 unspecified atom stereocenters. The lowest BCUT2D eigenvalue weighted by atomic mass is 9.62. The highest BCUT2D eigenvalue weighted by Gasteiger charge is 2.53. The average Bonchev–Trinajstić information content (AvgIpc) is 2.67. The second kappa shape index (κ2) is 7.48. The molecule has 3 atom stereocenters. The number of pyridine rings is 2. The number of H-pyrrole nitrogens is 1. The molecule has 2 aromatic heterocycles. The number of fused-ring (bicyclic) bond motifs is 2. The zero-order chi connectivity index (χ0) is 19.7. The molecule has 7 heteroatoms. The summed E-state index contributed by atoms with van der Waals surface area (Å²) in [7, 11) is 1.76. The van der Waals surface area contributed by atoms with Gasteiger partial charge in [0.15, 0.2) is 0 Å². The lowest BCUT2D eigenvalue weighted by molar-refractivity contribution is -0.170. The summed E-state index contributed by atoms with van der Waals surface area (Å²) in [4.78, 5) is 32.7. The number of likely N-dealkylation sites (tertiary alicyclic amines) is 1. The van der Waals surface area contributed by atoms with Crippen LogP contribution in [0.4, 0.5) is 0 Å². The van der Waals surface area contributed by atoms with Crippen LogP contribution in [0, 0.1) is 11.8 Å². The first-order valence-electron chi connectivity index (χ1n) is 9.75. The first kappa shape index (κ1) is 18.8. The molecule has 3 N–H and O–H groups in total. The van der Waals surface area contributed by atoms with Gasteiger partial charge in [-0.05, 0) is 36.6 Å². The van der Waals surface area contributed by atoms with Crippen LogP contribution >= 0.6 is 0 Å². The quantitative estimate of drug-likeness (QED) is 0.819.